The molecule has 1 fully saturated rings. The summed E-state index contributed by atoms with van der Waals surface area (Å²) in [5, 5.41) is 7.44. The number of hydrogen-bond acceptors (Lipinski definition) is 5. The zero-order valence-electron chi connectivity index (χ0n) is 17.4. The van der Waals surface area contributed by atoms with Gasteiger partial charge in [-0.25, -0.2) is 14.8 Å². The van der Waals surface area contributed by atoms with Crippen molar-refractivity contribution in [2.75, 3.05) is 18.4 Å². The van der Waals surface area contributed by atoms with Gasteiger partial charge in [0.05, 0.1) is 11.2 Å². The first-order valence-electron chi connectivity index (χ1n) is 10.2. The van der Waals surface area contributed by atoms with Crippen LogP contribution in [0.3, 0.4) is 0 Å². The Kier molecular flexibility index (Phi) is 6.37. The van der Waals surface area contributed by atoms with Crippen molar-refractivity contribution in [3.63, 3.8) is 0 Å². The molecule has 2 N–H and O–H groups in total. The van der Waals surface area contributed by atoms with Gasteiger partial charge in [-0.3, -0.25) is 0 Å². The number of nitrogens with zero attached hydrogens (tertiary/aromatic N) is 2. The van der Waals surface area contributed by atoms with E-state index in [4.69, 9.17) is 4.74 Å². The Bertz CT molecular complexity index is 808. The average Bonchev–Trinajstić information content (AvgIpc) is 2.64. The normalized spacial score (nSPS) is 20.0. The zero-order chi connectivity index (χ0) is 20.1. The lowest BCUT2D eigenvalue weighted by Gasteiger charge is -2.29. The van der Waals surface area contributed by atoms with E-state index >= 15 is 0 Å². The number of carbonyl (C=O) groups excluding carboxylic acids is 1. The highest BCUT2D eigenvalue weighted by Crippen LogP contribution is 2.28. The van der Waals surface area contributed by atoms with Crippen molar-refractivity contribution >= 4 is 22.9 Å². The number of ether oxygens (including phenoxy) is 1. The Morgan fingerprint density at radius 2 is 1.71 bits per heavy atom. The van der Waals surface area contributed by atoms with Crippen LogP contribution in [0.4, 0.5) is 10.7 Å². The quantitative estimate of drug-likeness (QED) is 0.783. The fourth-order valence-corrected chi connectivity index (χ4v) is 3.73. The highest BCUT2D eigenvalue weighted by atomic mass is 16.6. The molecule has 3 rings (SSSR count). The number of amides is 1. The summed E-state index contributed by atoms with van der Waals surface area (Å²) < 4.78 is 5.30. The van der Waals surface area contributed by atoms with Gasteiger partial charge in [-0.2, -0.15) is 0 Å². The lowest BCUT2D eigenvalue weighted by Crippen LogP contribution is -2.36. The van der Waals surface area contributed by atoms with Crippen molar-refractivity contribution in [3.05, 3.63) is 30.0 Å². The summed E-state index contributed by atoms with van der Waals surface area (Å²) in [6.07, 6.45) is 4.24. The molecule has 1 aliphatic rings. The van der Waals surface area contributed by atoms with Crippen LogP contribution in [0.15, 0.2) is 24.3 Å². The lowest BCUT2D eigenvalue weighted by molar-refractivity contribution is 0.0513. The minimum atomic E-state index is -0.448. The lowest BCUT2D eigenvalue weighted by atomic mass is 9.82. The first-order chi connectivity index (χ1) is 13.3. The number of benzene rings is 1. The van der Waals surface area contributed by atoms with E-state index in [1.54, 1.807) is 0 Å². The Morgan fingerprint density at radius 3 is 2.39 bits per heavy atom. The van der Waals surface area contributed by atoms with Gasteiger partial charge in [0.15, 0.2) is 0 Å². The number of hydrogen-bond donors (Lipinski definition) is 2. The molecule has 1 aromatic heterocycles. The molecule has 0 aliphatic heterocycles. The van der Waals surface area contributed by atoms with Crippen LogP contribution in [0.5, 0.6) is 0 Å². The third kappa shape index (κ3) is 5.81. The SMILES string of the molecule is Cc1nc(NC[C@H]2CC[C@H](CNC(=O)OC(C)(C)C)CC2)nc2ccccc12. The molecule has 1 heterocycles. The number of carbonyl (C=O) groups is 1. The van der Waals surface area contributed by atoms with E-state index in [0.29, 0.717) is 24.3 Å². The van der Waals surface area contributed by atoms with Crippen molar-refractivity contribution in [2.24, 2.45) is 11.8 Å². The second-order valence-electron chi connectivity index (χ2n) is 8.80. The first kappa shape index (κ1) is 20.4. The number of para-hydroxylation sites is 1. The maximum absolute atomic E-state index is 11.8. The van der Waals surface area contributed by atoms with Crippen molar-refractivity contribution < 1.29 is 9.53 Å². The number of anilines is 1. The summed E-state index contributed by atoms with van der Waals surface area (Å²) in [5.74, 6) is 1.86. The number of aromatic nitrogens is 2. The van der Waals surface area contributed by atoms with Crippen LogP contribution in [0.25, 0.3) is 10.9 Å². The molecule has 0 spiro atoms. The second kappa shape index (κ2) is 8.76. The smallest absolute Gasteiger partial charge is 0.407 e. The largest absolute Gasteiger partial charge is 0.444 e. The Balaban J connectivity index is 1.42. The molecule has 152 valence electrons. The topological polar surface area (TPSA) is 76.1 Å². The van der Waals surface area contributed by atoms with Gasteiger partial charge in [-0.05, 0) is 71.3 Å². The molecular formula is C22H32N4O2. The van der Waals surface area contributed by atoms with E-state index in [1.165, 1.54) is 0 Å². The van der Waals surface area contributed by atoms with Crippen molar-refractivity contribution in [1.82, 2.24) is 15.3 Å². The monoisotopic (exact) mass is 384 g/mol. The third-order valence-electron chi connectivity index (χ3n) is 5.24. The van der Waals surface area contributed by atoms with Crippen LogP contribution >= 0.6 is 0 Å². The van der Waals surface area contributed by atoms with E-state index in [-0.39, 0.29) is 6.09 Å². The standard InChI is InChI=1S/C22H32N4O2/c1-15-18-7-5-6-8-19(18)26-20(25-15)23-13-16-9-11-17(12-10-16)14-24-21(27)28-22(2,3)4/h5-8,16-17H,9-14H2,1-4H3,(H,24,27)(H,23,25,26)/t16-,17-. The van der Waals surface area contributed by atoms with Crippen LogP contribution in [-0.2, 0) is 4.74 Å². The molecule has 2 aromatic rings. The molecule has 0 bridgehead atoms. The highest BCUT2D eigenvalue weighted by Gasteiger charge is 2.23. The molecule has 1 amide bonds. The van der Waals surface area contributed by atoms with E-state index in [0.717, 1.165) is 48.8 Å². The molecule has 28 heavy (non-hydrogen) atoms. The molecule has 0 unspecified atom stereocenters. The summed E-state index contributed by atoms with van der Waals surface area (Å²) in [4.78, 5) is 21.0. The van der Waals surface area contributed by atoms with E-state index in [2.05, 4.69) is 26.7 Å². The first-order valence-corrected chi connectivity index (χ1v) is 10.2. The Labute approximate surface area is 167 Å². The second-order valence-corrected chi connectivity index (χ2v) is 8.80. The van der Waals surface area contributed by atoms with Crippen molar-refractivity contribution in [2.45, 2.75) is 59.0 Å². The Hall–Kier alpha value is -2.37. The number of alkyl carbamates (subject to hydrolysis) is 1. The molecule has 6 nitrogen and oxygen atoms in total. The van der Waals surface area contributed by atoms with Crippen molar-refractivity contribution in [1.29, 1.82) is 0 Å². The van der Waals surface area contributed by atoms with Crippen LogP contribution < -0.4 is 10.6 Å². The minimum Gasteiger partial charge on any atom is -0.444 e. The molecule has 1 saturated carbocycles. The van der Waals surface area contributed by atoms with Gasteiger partial charge in [-0.15, -0.1) is 0 Å². The van der Waals surface area contributed by atoms with Crippen molar-refractivity contribution in [3.8, 4) is 0 Å². The molecule has 0 saturated heterocycles. The molecule has 1 aliphatic carbocycles. The highest BCUT2D eigenvalue weighted by molar-refractivity contribution is 5.81. The summed E-state index contributed by atoms with van der Waals surface area (Å²) in [6.45, 7) is 9.26. The molecular weight excluding hydrogens is 352 g/mol. The van der Waals surface area contributed by atoms with Crippen LogP contribution in [-0.4, -0.2) is 34.8 Å². The summed E-state index contributed by atoms with van der Waals surface area (Å²) in [6, 6.07) is 8.10. The predicted molar refractivity (Wildman–Crippen MR) is 112 cm³/mol. The fraction of sp³-hybridized carbons (Fsp3) is 0.591. The predicted octanol–water partition coefficient (Wildman–Crippen LogP) is 4.68. The summed E-state index contributed by atoms with van der Waals surface area (Å²) >= 11 is 0. The maximum atomic E-state index is 11.8. The van der Waals surface area contributed by atoms with Gasteiger partial charge < -0.3 is 15.4 Å². The number of fused-ring (bicyclic) bond motifs is 1. The van der Waals surface area contributed by atoms with Gasteiger partial charge >= 0.3 is 6.09 Å². The van der Waals surface area contributed by atoms with Gasteiger partial charge in [-0.1, -0.05) is 18.2 Å². The minimum absolute atomic E-state index is 0.319. The van der Waals surface area contributed by atoms with Crippen LogP contribution in [0, 0.1) is 18.8 Å². The molecule has 0 radical (unpaired) electrons. The molecule has 6 heteroatoms. The fourth-order valence-electron chi connectivity index (χ4n) is 3.73. The van der Waals surface area contributed by atoms with Gasteiger partial charge in [0, 0.05) is 18.5 Å². The Morgan fingerprint density at radius 1 is 1.07 bits per heavy atom. The number of nitrogens with one attached hydrogen (secondary N) is 2. The summed E-state index contributed by atoms with van der Waals surface area (Å²) in [5.41, 5.74) is 1.54. The average molecular weight is 385 g/mol. The van der Waals surface area contributed by atoms with Crippen LogP contribution in [0.2, 0.25) is 0 Å². The van der Waals surface area contributed by atoms with E-state index in [9.17, 15) is 4.79 Å². The molecule has 1 aromatic carbocycles. The maximum Gasteiger partial charge on any atom is 0.407 e. The van der Waals surface area contributed by atoms with E-state index in [1.807, 2.05) is 45.9 Å². The van der Waals surface area contributed by atoms with Gasteiger partial charge in [0.25, 0.3) is 0 Å². The summed E-state index contributed by atoms with van der Waals surface area (Å²) in [7, 11) is 0. The van der Waals surface area contributed by atoms with Gasteiger partial charge in [0.2, 0.25) is 5.95 Å². The zero-order valence-corrected chi connectivity index (χ0v) is 17.4. The third-order valence-corrected chi connectivity index (χ3v) is 5.24. The number of rotatable bonds is 5. The number of aryl methyl sites for hydroxylation is 1. The van der Waals surface area contributed by atoms with E-state index < -0.39 is 5.60 Å². The van der Waals surface area contributed by atoms with Crippen LogP contribution in [0.1, 0.15) is 52.1 Å². The van der Waals surface area contributed by atoms with Gasteiger partial charge in [0.1, 0.15) is 5.60 Å². The molecule has 0 atom stereocenters.